The fourth-order valence-corrected chi connectivity index (χ4v) is 4.19. The molecule has 1 amide bonds. The molecular formula is C18H26N2O5S. The highest BCUT2D eigenvalue weighted by atomic mass is 32.2. The number of carboxylic acid groups (broad SMARTS) is 1. The molecule has 2 fully saturated rings. The van der Waals surface area contributed by atoms with Crippen LogP contribution in [0.1, 0.15) is 43.0 Å². The number of rotatable bonds is 2. The van der Waals surface area contributed by atoms with Gasteiger partial charge < -0.3 is 19.8 Å². The Kier molecular flexibility index (Phi) is 7.02. The van der Waals surface area contributed by atoms with E-state index in [4.69, 9.17) is 14.6 Å². The first-order valence-electron chi connectivity index (χ1n) is 8.59. The first-order valence-corrected chi connectivity index (χ1v) is 9.81. The van der Waals surface area contributed by atoms with Crippen molar-refractivity contribution >= 4 is 24.1 Å². The van der Waals surface area contributed by atoms with Crippen molar-refractivity contribution in [3.8, 4) is 0 Å². The molecular weight excluding hydrogens is 356 g/mol. The molecule has 0 aliphatic carbocycles. The third kappa shape index (κ3) is 4.96. The van der Waals surface area contributed by atoms with Crippen molar-refractivity contribution in [3.05, 3.63) is 23.9 Å². The van der Waals surface area contributed by atoms with Gasteiger partial charge in [0.05, 0.1) is 23.4 Å². The fraction of sp³-hybridized carbons (Fsp3) is 0.611. The van der Waals surface area contributed by atoms with Crippen molar-refractivity contribution in [1.82, 2.24) is 9.88 Å². The van der Waals surface area contributed by atoms with E-state index in [9.17, 15) is 9.90 Å². The molecule has 2 aliphatic heterocycles. The van der Waals surface area contributed by atoms with Crippen LogP contribution in [-0.4, -0.2) is 69.6 Å². The van der Waals surface area contributed by atoms with E-state index in [1.807, 2.05) is 24.1 Å². The quantitative estimate of drug-likeness (QED) is 0.596. The minimum atomic E-state index is -0.653. The lowest BCUT2D eigenvalue weighted by molar-refractivity contribution is -0.170. The second-order valence-electron chi connectivity index (χ2n) is 6.91. The number of ether oxygens (including phenoxy) is 1. The highest BCUT2D eigenvalue weighted by Crippen LogP contribution is 2.39. The summed E-state index contributed by atoms with van der Waals surface area (Å²) < 4.78 is 6.01. The first kappa shape index (κ1) is 20.7. The van der Waals surface area contributed by atoms with Crippen LogP contribution < -0.4 is 0 Å². The number of hydrogen-bond acceptors (Lipinski definition) is 6. The maximum absolute atomic E-state index is 12.8. The molecule has 0 radical (unpaired) electrons. The van der Waals surface area contributed by atoms with Crippen LogP contribution >= 0.6 is 11.8 Å². The van der Waals surface area contributed by atoms with Crippen molar-refractivity contribution in [1.29, 1.82) is 0 Å². The van der Waals surface area contributed by atoms with Crippen molar-refractivity contribution in [2.75, 3.05) is 26.0 Å². The average Bonchev–Trinajstić information content (AvgIpc) is 2.61. The van der Waals surface area contributed by atoms with Gasteiger partial charge in [0, 0.05) is 25.7 Å². The van der Waals surface area contributed by atoms with Crippen molar-refractivity contribution in [2.45, 2.75) is 48.8 Å². The van der Waals surface area contributed by atoms with E-state index in [2.05, 4.69) is 4.98 Å². The fourth-order valence-electron chi connectivity index (χ4n) is 3.65. The number of likely N-dealkylation sites (tertiary alicyclic amines) is 1. The predicted octanol–water partition coefficient (Wildman–Crippen LogP) is 2.04. The summed E-state index contributed by atoms with van der Waals surface area (Å²) in [4.78, 5) is 27.3. The minimum Gasteiger partial charge on any atom is -0.483 e. The van der Waals surface area contributed by atoms with Crippen molar-refractivity contribution < 1.29 is 24.5 Å². The van der Waals surface area contributed by atoms with E-state index < -0.39 is 5.60 Å². The van der Waals surface area contributed by atoms with Gasteiger partial charge in [-0.2, -0.15) is 0 Å². The standard InChI is InChI=1S/C17H24N2O3S.CH2O2/c1-16(21)7-11-22-17(12-16)5-9-19(10-6-17)15(20)13-4-3-8-18-14(13)23-2;2-1-3/h3-4,8,21H,5-7,9-12H2,1-2H3;1H,(H,2,3). The molecule has 7 nitrogen and oxygen atoms in total. The molecule has 2 saturated heterocycles. The number of nitrogens with zero attached hydrogens (tertiary/aromatic N) is 2. The molecule has 3 rings (SSSR count). The molecule has 2 aliphatic rings. The summed E-state index contributed by atoms with van der Waals surface area (Å²) in [6.07, 6.45) is 6.55. The highest BCUT2D eigenvalue weighted by Gasteiger charge is 2.45. The van der Waals surface area contributed by atoms with Crippen LogP contribution in [0.5, 0.6) is 0 Å². The molecule has 0 saturated carbocycles. The number of aromatic nitrogens is 1. The normalized spacial score (nSPS) is 24.5. The minimum absolute atomic E-state index is 0.0415. The highest BCUT2D eigenvalue weighted by molar-refractivity contribution is 7.98. The molecule has 1 aromatic rings. The number of aliphatic hydroxyl groups is 1. The van der Waals surface area contributed by atoms with Crippen LogP contribution in [0.25, 0.3) is 0 Å². The lowest BCUT2D eigenvalue weighted by atomic mass is 9.78. The first-order chi connectivity index (χ1) is 12.4. The maximum Gasteiger partial charge on any atom is 0.290 e. The van der Waals surface area contributed by atoms with Gasteiger partial charge in [0.2, 0.25) is 0 Å². The van der Waals surface area contributed by atoms with Crippen LogP contribution in [0, 0.1) is 0 Å². The van der Waals surface area contributed by atoms with Gasteiger partial charge in [0.1, 0.15) is 5.03 Å². The van der Waals surface area contributed by atoms with Crippen LogP contribution in [0.15, 0.2) is 23.4 Å². The molecule has 0 bridgehead atoms. The second kappa shape index (κ2) is 8.83. The van der Waals surface area contributed by atoms with Gasteiger partial charge in [0.25, 0.3) is 12.4 Å². The molecule has 3 heterocycles. The zero-order valence-electron chi connectivity index (χ0n) is 15.2. The monoisotopic (exact) mass is 382 g/mol. The third-order valence-corrected chi connectivity index (χ3v) is 5.62. The van der Waals surface area contributed by atoms with Gasteiger partial charge >= 0.3 is 0 Å². The Morgan fingerprint density at radius 2 is 2.04 bits per heavy atom. The van der Waals surface area contributed by atoms with E-state index >= 15 is 0 Å². The number of carbonyl (C=O) groups is 2. The lowest BCUT2D eigenvalue weighted by Crippen LogP contribution is -2.54. The van der Waals surface area contributed by atoms with Gasteiger partial charge in [-0.15, -0.1) is 11.8 Å². The van der Waals surface area contributed by atoms with Crippen LogP contribution in [0.3, 0.4) is 0 Å². The SMILES string of the molecule is CSc1ncccc1C(=O)N1CCC2(CC1)CC(C)(O)CCO2.O=CO. The molecule has 8 heteroatoms. The second-order valence-corrected chi connectivity index (χ2v) is 7.71. The summed E-state index contributed by atoms with van der Waals surface area (Å²) in [5.74, 6) is 0.0415. The van der Waals surface area contributed by atoms with E-state index in [0.717, 1.165) is 17.9 Å². The smallest absolute Gasteiger partial charge is 0.290 e. The summed E-state index contributed by atoms with van der Waals surface area (Å²) in [5.41, 5.74) is -0.247. The van der Waals surface area contributed by atoms with Gasteiger partial charge in [-0.25, -0.2) is 4.98 Å². The summed E-state index contributed by atoms with van der Waals surface area (Å²) in [5, 5.41) is 18.0. The van der Waals surface area contributed by atoms with E-state index in [1.165, 1.54) is 11.8 Å². The van der Waals surface area contributed by atoms with E-state index in [-0.39, 0.29) is 18.0 Å². The Labute approximate surface area is 157 Å². The number of carbonyl (C=O) groups excluding carboxylic acids is 1. The van der Waals surface area contributed by atoms with Gasteiger partial charge in [0.15, 0.2) is 0 Å². The number of thioether (sulfide) groups is 1. The van der Waals surface area contributed by atoms with Gasteiger partial charge in [-0.3, -0.25) is 9.59 Å². The number of piperidine rings is 1. The number of hydrogen-bond donors (Lipinski definition) is 2. The van der Waals surface area contributed by atoms with E-state index in [0.29, 0.717) is 38.1 Å². The topological polar surface area (TPSA) is 100.0 Å². The zero-order chi connectivity index (χ0) is 19.2. The zero-order valence-corrected chi connectivity index (χ0v) is 16.0. The lowest BCUT2D eigenvalue weighted by Gasteiger charge is -2.48. The van der Waals surface area contributed by atoms with Crippen molar-refractivity contribution in [3.63, 3.8) is 0 Å². The molecule has 1 unspecified atom stereocenters. The molecule has 1 atom stereocenters. The van der Waals surface area contributed by atoms with Crippen LogP contribution in [0.4, 0.5) is 0 Å². The van der Waals surface area contributed by atoms with Gasteiger partial charge in [-0.05, 0) is 44.6 Å². The third-order valence-electron chi connectivity index (χ3n) is 4.91. The Morgan fingerprint density at radius 3 is 2.62 bits per heavy atom. The summed E-state index contributed by atoms with van der Waals surface area (Å²) in [6, 6.07) is 3.65. The maximum atomic E-state index is 12.8. The summed E-state index contributed by atoms with van der Waals surface area (Å²) in [6.45, 7) is 3.56. The van der Waals surface area contributed by atoms with Gasteiger partial charge in [-0.1, -0.05) is 0 Å². The molecule has 0 aromatic carbocycles. The molecule has 144 valence electrons. The molecule has 1 aromatic heterocycles. The number of pyridine rings is 1. The summed E-state index contributed by atoms with van der Waals surface area (Å²) in [7, 11) is 0. The Balaban J connectivity index is 0.000000758. The predicted molar refractivity (Wildman–Crippen MR) is 98.4 cm³/mol. The largest absolute Gasteiger partial charge is 0.483 e. The number of amides is 1. The van der Waals surface area contributed by atoms with E-state index in [1.54, 1.807) is 12.3 Å². The van der Waals surface area contributed by atoms with Crippen LogP contribution in [-0.2, 0) is 9.53 Å². The molecule has 26 heavy (non-hydrogen) atoms. The van der Waals surface area contributed by atoms with Crippen molar-refractivity contribution in [2.24, 2.45) is 0 Å². The molecule has 2 N–H and O–H groups in total. The molecule has 1 spiro atoms. The average molecular weight is 382 g/mol. The Bertz CT molecular complexity index is 630. The van der Waals surface area contributed by atoms with Crippen LogP contribution in [0.2, 0.25) is 0 Å². The Morgan fingerprint density at radius 1 is 1.38 bits per heavy atom. The summed E-state index contributed by atoms with van der Waals surface area (Å²) >= 11 is 1.49. The Hall–Kier alpha value is -1.64.